The molecule has 2 heterocycles. The van der Waals surface area contributed by atoms with Crippen LogP contribution >= 0.6 is 0 Å². The van der Waals surface area contributed by atoms with E-state index in [4.69, 9.17) is 9.26 Å². The number of aryl methyl sites for hydroxylation is 1. The molecule has 7 nitrogen and oxygen atoms in total. The summed E-state index contributed by atoms with van der Waals surface area (Å²) in [5, 5.41) is 6.77. The lowest BCUT2D eigenvalue weighted by molar-refractivity contribution is -0.143. The van der Waals surface area contributed by atoms with Crippen molar-refractivity contribution in [3.8, 4) is 11.3 Å². The molecule has 0 spiro atoms. The van der Waals surface area contributed by atoms with Crippen molar-refractivity contribution in [2.45, 2.75) is 20.0 Å². The van der Waals surface area contributed by atoms with Gasteiger partial charge in [-0.15, -0.1) is 0 Å². The van der Waals surface area contributed by atoms with Crippen molar-refractivity contribution in [3.05, 3.63) is 36.0 Å². The molecular weight excluding hydrogens is 310 g/mol. The van der Waals surface area contributed by atoms with Crippen LogP contribution in [0.2, 0.25) is 0 Å². The number of carbonyl (C=O) groups excluding carboxylic acids is 2. The molecule has 1 aromatic carbocycles. The van der Waals surface area contributed by atoms with Gasteiger partial charge in [0.05, 0.1) is 13.2 Å². The summed E-state index contributed by atoms with van der Waals surface area (Å²) >= 11 is 0. The molecule has 126 valence electrons. The van der Waals surface area contributed by atoms with Crippen LogP contribution in [0, 0.1) is 6.92 Å². The predicted octanol–water partition coefficient (Wildman–Crippen LogP) is 1.84. The van der Waals surface area contributed by atoms with Gasteiger partial charge in [-0.25, -0.2) is 0 Å². The fraction of sp³-hybridized carbons (Fsp3) is 0.353. The number of carbonyl (C=O) groups is 2. The zero-order chi connectivity index (χ0) is 17.1. The van der Waals surface area contributed by atoms with E-state index in [1.807, 2.05) is 30.3 Å². The second kappa shape index (κ2) is 6.84. The number of hydrogen-bond acceptors (Lipinski definition) is 5. The maximum Gasteiger partial charge on any atom is 0.255 e. The van der Waals surface area contributed by atoms with E-state index in [0.717, 1.165) is 5.56 Å². The van der Waals surface area contributed by atoms with Crippen LogP contribution in [0.4, 0.5) is 5.69 Å². The Balaban J connectivity index is 1.78. The van der Waals surface area contributed by atoms with Gasteiger partial charge in [0.15, 0.2) is 11.9 Å². The Bertz CT molecular complexity index is 742. The number of rotatable bonds is 3. The molecule has 1 N–H and O–H groups in total. The maximum absolute atomic E-state index is 12.5. The number of aromatic nitrogens is 1. The lowest BCUT2D eigenvalue weighted by atomic mass is 10.1. The fourth-order valence-electron chi connectivity index (χ4n) is 2.60. The minimum Gasteiger partial charge on any atom is -0.365 e. The summed E-state index contributed by atoms with van der Waals surface area (Å²) in [5.74, 6) is 0.118. The topological polar surface area (TPSA) is 84.7 Å². The summed E-state index contributed by atoms with van der Waals surface area (Å²) in [7, 11) is 0. The summed E-state index contributed by atoms with van der Waals surface area (Å²) < 4.78 is 10.9. The van der Waals surface area contributed by atoms with Crippen molar-refractivity contribution in [3.63, 3.8) is 0 Å². The quantitative estimate of drug-likeness (QED) is 0.929. The molecule has 2 aromatic rings. The molecule has 24 heavy (non-hydrogen) atoms. The van der Waals surface area contributed by atoms with Crippen LogP contribution in [-0.4, -0.2) is 47.7 Å². The molecule has 2 amide bonds. The minimum atomic E-state index is -0.708. The second-order valence-electron chi connectivity index (χ2n) is 5.65. The van der Waals surface area contributed by atoms with Gasteiger partial charge in [0.25, 0.3) is 5.91 Å². The maximum atomic E-state index is 12.5. The van der Waals surface area contributed by atoms with Crippen LogP contribution in [0.1, 0.15) is 12.6 Å². The monoisotopic (exact) mass is 329 g/mol. The van der Waals surface area contributed by atoms with Crippen LogP contribution in [0.25, 0.3) is 11.3 Å². The number of nitrogens with one attached hydrogen (secondary N) is 1. The first-order valence-corrected chi connectivity index (χ1v) is 7.76. The molecule has 1 aromatic heterocycles. The van der Waals surface area contributed by atoms with Crippen LogP contribution in [0.3, 0.4) is 0 Å². The number of nitrogens with zero attached hydrogens (tertiary/aromatic N) is 2. The van der Waals surface area contributed by atoms with Crippen LogP contribution in [0.5, 0.6) is 0 Å². The highest BCUT2D eigenvalue weighted by Crippen LogP contribution is 2.30. The molecule has 1 aliphatic heterocycles. The van der Waals surface area contributed by atoms with Crippen molar-refractivity contribution < 1.29 is 18.8 Å². The summed E-state index contributed by atoms with van der Waals surface area (Å²) in [4.78, 5) is 25.6. The summed E-state index contributed by atoms with van der Waals surface area (Å²) in [6, 6.07) is 9.42. The van der Waals surface area contributed by atoms with E-state index in [0.29, 0.717) is 30.3 Å². The fourth-order valence-corrected chi connectivity index (χ4v) is 2.60. The Hall–Kier alpha value is -2.67. The van der Waals surface area contributed by atoms with Gasteiger partial charge in [-0.05, 0) is 6.92 Å². The van der Waals surface area contributed by atoms with Crippen molar-refractivity contribution in [2.24, 2.45) is 0 Å². The first-order valence-electron chi connectivity index (χ1n) is 7.76. The number of morpholine rings is 1. The van der Waals surface area contributed by atoms with E-state index >= 15 is 0 Å². The third kappa shape index (κ3) is 3.30. The molecule has 0 saturated carbocycles. The summed E-state index contributed by atoms with van der Waals surface area (Å²) in [6.07, 6.45) is -0.708. The van der Waals surface area contributed by atoms with Gasteiger partial charge in [0.1, 0.15) is 11.4 Å². The summed E-state index contributed by atoms with van der Waals surface area (Å²) in [5.41, 5.74) is 1.93. The number of amides is 2. The minimum absolute atomic E-state index is 0.0674. The van der Waals surface area contributed by atoms with Gasteiger partial charge >= 0.3 is 0 Å². The lowest BCUT2D eigenvalue weighted by Crippen LogP contribution is -2.49. The van der Waals surface area contributed by atoms with Crippen LogP contribution in [-0.2, 0) is 14.3 Å². The zero-order valence-corrected chi connectivity index (χ0v) is 13.6. The van der Waals surface area contributed by atoms with Gasteiger partial charge in [0.2, 0.25) is 5.91 Å². The first kappa shape index (κ1) is 16.2. The van der Waals surface area contributed by atoms with E-state index < -0.39 is 6.10 Å². The Labute approximate surface area is 139 Å². The number of hydrogen-bond donors (Lipinski definition) is 1. The van der Waals surface area contributed by atoms with Crippen molar-refractivity contribution in [1.82, 2.24) is 10.1 Å². The summed E-state index contributed by atoms with van der Waals surface area (Å²) in [6.45, 7) is 4.33. The van der Waals surface area contributed by atoms with Crippen molar-refractivity contribution >= 4 is 17.5 Å². The normalized spacial score (nSPS) is 17.6. The van der Waals surface area contributed by atoms with Gasteiger partial charge in [-0.3, -0.25) is 9.59 Å². The second-order valence-corrected chi connectivity index (χ2v) is 5.65. The SMILES string of the molecule is CC(=O)N1CCOC(C(=O)Nc2c(C)noc2-c2ccccc2)C1. The zero-order valence-electron chi connectivity index (χ0n) is 13.6. The molecular formula is C17H19N3O4. The molecule has 0 radical (unpaired) electrons. The largest absolute Gasteiger partial charge is 0.365 e. The number of ether oxygens (including phenoxy) is 1. The molecule has 1 fully saturated rings. The molecule has 1 aliphatic rings. The number of benzene rings is 1. The third-order valence-electron chi connectivity index (χ3n) is 3.95. The predicted molar refractivity (Wildman–Crippen MR) is 87.3 cm³/mol. The van der Waals surface area contributed by atoms with Crippen molar-refractivity contribution in [2.75, 3.05) is 25.0 Å². The van der Waals surface area contributed by atoms with Crippen LogP contribution in [0.15, 0.2) is 34.9 Å². The molecule has 1 atom stereocenters. The highest BCUT2D eigenvalue weighted by atomic mass is 16.5. The smallest absolute Gasteiger partial charge is 0.255 e. The van der Waals surface area contributed by atoms with E-state index in [9.17, 15) is 9.59 Å². The van der Waals surface area contributed by atoms with Gasteiger partial charge in [-0.1, -0.05) is 35.5 Å². The average molecular weight is 329 g/mol. The third-order valence-corrected chi connectivity index (χ3v) is 3.95. The Kier molecular flexibility index (Phi) is 4.61. The molecule has 7 heteroatoms. The Morgan fingerprint density at radius 2 is 2.04 bits per heavy atom. The van der Waals surface area contributed by atoms with Crippen LogP contribution < -0.4 is 5.32 Å². The Morgan fingerprint density at radius 1 is 1.29 bits per heavy atom. The van der Waals surface area contributed by atoms with E-state index in [-0.39, 0.29) is 18.4 Å². The van der Waals surface area contributed by atoms with E-state index in [1.165, 1.54) is 6.92 Å². The van der Waals surface area contributed by atoms with Gasteiger partial charge in [-0.2, -0.15) is 0 Å². The van der Waals surface area contributed by atoms with Crippen molar-refractivity contribution in [1.29, 1.82) is 0 Å². The van der Waals surface area contributed by atoms with Gasteiger partial charge < -0.3 is 19.5 Å². The Morgan fingerprint density at radius 3 is 2.75 bits per heavy atom. The standard InChI is InChI=1S/C17H19N3O4/c1-11-15(16(24-19-11)13-6-4-3-5-7-13)18-17(22)14-10-20(12(2)21)8-9-23-14/h3-7,14H,8-10H2,1-2H3,(H,18,22). The average Bonchev–Trinajstić information content (AvgIpc) is 2.96. The lowest BCUT2D eigenvalue weighted by Gasteiger charge is -2.31. The highest BCUT2D eigenvalue weighted by Gasteiger charge is 2.29. The first-order chi connectivity index (χ1) is 11.6. The highest BCUT2D eigenvalue weighted by molar-refractivity contribution is 5.98. The van der Waals surface area contributed by atoms with E-state index in [1.54, 1.807) is 11.8 Å². The molecule has 1 saturated heterocycles. The van der Waals surface area contributed by atoms with E-state index in [2.05, 4.69) is 10.5 Å². The molecule has 0 bridgehead atoms. The molecule has 1 unspecified atom stereocenters. The number of anilines is 1. The van der Waals surface area contributed by atoms with Gasteiger partial charge in [0, 0.05) is 19.0 Å². The molecule has 3 rings (SSSR count). The molecule has 0 aliphatic carbocycles.